The molecule has 188 valence electrons. The molecule has 2 amide bonds. The topological polar surface area (TPSA) is 93.0 Å². The second kappa shape index (κ2) is 10.5. The van der Waals surface area contributed by atoms with Crippen LogP contribution >= 0.6 is 0 Å². The van der Waals surface area contributed by atoms with Crippen LogP contribution in [0.1, 0.15) is 40.3 Å². The van der Waals surface area contributed by atoms with E-state index in [1.54, 1.807) is 42.5 Å². The van der Waals surface area contributed by atoms with Gasteiger partial charge >= 0.3 is 0 Å². The highest BCUT2D eigenvalue weighted by Crippen LogP contribution is 2.36. The fourth-order valence-electron chi connectivity index (χ4n) is 4.37. The number of hydrogen-bond acceptors (Lipinski definition) is 6. The van der Waals surface area contributed by atoms with Crippen LogP contribution in [0.15, 0.2) is 89.5 Å². The van der Waals surface area contributed by atoms with Gasteiger partial charge in [0.05, 0.1) is 25.5 Å². The van der Waals surface area contributed by atoms with Crippen LogP contribution in [0, 0.1) is 0 Å². The molecule has 0 radical (unpaired) electrons. The summed E-state index contributed by atoms with van der Waals surface area (Å²) in [4.78, 5) is 26.5. The Labute approximate surface area is 214 Å². The van der Waals surface area contributed by atoms with Gasteiger partial charge in [0.1, 0.15) is 30.0 Å². The molecular formula is C29H27N3O5. The second-order valence-electron chi connectivity index (χ2n) is 8.67. The zero-order chi connectivity index (χ0) is 25.8. The SMILES string of the molecule is COc1ccc([C@H]2Nc3ccccc3C(=O)N2Cc2ccco2)cc1COc1ccc(NC(C)=O)cc1. The second-order valence-corrected chi connectivity index (χ2v) is 8.67. The van der Waals surface area contributed by atoms with Gasteiger partial charge < -0.3 is 29.4 Å². The van der Waals surface area contributed by atoms with E-state index in [2.05, 4.69) is 10.6 Å². The Morgan fingerprint density at radius 1 is 1.05 bits per heavy atom. The molecule has 5 rings (SSSR count). The molecule has 0 fully saturated rings. The van der Waals surface area contributed by atoms with E-state index < -0.39 is 6.17 Å². The first-order valence-electron chi connectivity index (χ1n) is 11.9. The quantitative estimate of drug-likeness (QED) is 0.330. The number of anilines is 2. The maximum atomic E-state index is 13.5. The lowest BCUT2D eigenvalue weighted by Gasteiger charge is -2.38. The minimum Gasteiger partial charge on any atom is -0.496 e. The van der Waals surface area contributed by atoms with E-state index in [-0.39, 0.29) is 18.4 Å². The number of furan rings is 1. The van der Waals surface area contributed by atoms with Crippen LogP contribution in [-0.4, -0.2) is 23.8 Å². The molecule has 0 spiro atoms. The molecule has 1 aromatic heterocycles. The number of benzene rings is 3. The summed E-state index contributed by atoms with van der Waals surface area (Å²) in [5, 5.41) is 6.25. The Bertz CT molecular complexity index is 1400. The summed E-state index contributed by atoms with van der Waals surface area (Å²) >= 11 is 0. The van der Waals surface area contributed by atoms with Gasteiger partial charge in [-0.05, 0) is 66.2 Å². The summed E-state index contributed by atoms with van der Waals surface area (Å²) in [6.45, 7) is 2.04. The van der Waals surface area contributed by atoms with Gasteiger partial charge in [-0.2, -0.15) is 0 Å². The minimum atomic E-state index is -0.422. The molecule has 8 heteroatoms. The molecule has 8 nitrogen and oxygen atoms in total. The molecule has 1 atom stereocenters. The maximum Gasteiger partial charge on any atom is 0.258 e. The predicted octanol–water partition coefficient (Wildman–Crippen LogP) is 5.59. The first-order valence-corrected chi connectivity index (χ1v) is 11.9. The van der Waals surface area contributed by atoms with Crippen LogP contribution in [0.5, 0.6) is 11.5 Å². The van der Waals surface area contributed by atoms with E-state index in [0.717, 1.165) is 16.8 Å². The molecule has 0 saturated heterocycles. The van der Waals surface area contributed by atoms with Crippen LogP contribution < -0.4 is 20.1 Å². The first-order chi connectivity index (χ1) is 18.0. The Hall–Kier alpha value is -4.72. The Kier molecular flexibility index (Phi) is 6.81. The standard InChI is InChI=1S/C29H27N3O5/c1-19(33)30-22-10-12-23(13-11-22)37-18-21-16-20(9-14-27(21)35-2)28-31-26-8-4-3-7-25(26)29(34)32(28)17-24-6-5-15-36-24/h3-16,28,31H,17-18H2,1-2H3,(H,30,33)/t28-/m0/s1. The third kappa shape index (κ3) is 5.28. The van der Waals surface area contributed by atoms with E-state index in [1.807, 2.05) is 54.6 Å². The average Bonchev–Trinajstić information content (AvgIpc) is 3.43. The van der Waals surface area contributed by atoms with E-state index in [4.69, 9.17) is 13.9 Å². The first kappa shape index (κ1) is 24.0. The average molecular weight is 498 g/mol. The lowest BCUT2D eigenvalue weighted by Crippen LogP contribution is -2.42. The van der Waals surface area contributed by atoms with Crippen molar-refractivity contribution < 1.29 is 23.5 Å². The van der Waals surface area contributed by atoms with Crippen molar-refractivity contribution in [2.75, 3.05) is 17.7 Å². The molecule has 1 aliphatic heterocycles. The number of nitrogens with zero attached hydrogens (tertiary/aromatic N) is 1. The lowest BCUT2D eigenvalue weighted by molar-refractivity contribution is -0.114. The molecule has 0 bridgehead atoms. The van der Waals surface area contributed by atoms with Crippen molar-refractivity contribution in [1.82, 2.24) is 4.90 Å². The largest absolute Gasteiger partial charge is 0.496 e. The smallest absolute Gasteiger partial charge is 0.258 e. The number of para-hydroxylation sites is 1. The fourth-order valence-corrected chi connectivity index (χ4v) is 4.37. The van der Waals surface area contributed by atoms with E-state index in [1.165, 1.54) is 6.92 Å². The Morgan fingerprint density at radius 2 is 1.86 bits per heavy atom. The van der Waals surface area contributed by atoms with Crippen molar-refractivity contribution in [1.29, 1.82) is 0 Å². The van der Waals surface area contributed by atoms with Gasteiger partial charge in [0, 0.05) is 23.9 Å². The summed E-state index contributed by atoms with van der Waals surface area (Å²) in [5.74, 6) is 1.82. The zero-order valence-electron chi connectivity index (χ0n) is 20.6. The van der Waals surface area contributed by atoms with Crippen molar-refractivity contribution in [3.8, 4) is 11.5 Å². The number of carbonyl (C=O) groups is 2. The summed E-state index contributed by atoms with van der Waals surface area (Å²) in [7, 11) is 1.61. The van der Waals surface area contributed by atoms with E-state index in [9.17, 15) is 9.59 Å². The minimum absolute atomic E-state index is 0.0800. The highest BCUT2D eigenvalue weighted by atomic mass is 16.5. The number of nitrogens with one attached hydrogen (secondary N) is 2. The van der Waals surface area contributed by atoms with Crippen molar-refractivity contribution >= 4 is 23.2 Å². The summed E-state index contributed by atoms with van der Waals surface area (Å²) in [6.07, 6.45) is 1.18. The maximum absolute atomic E-state index is 13.5. The highest BCUT2D eigenvalue weighted by Gasteiger charge is 2.33. The normalized spacial score (nSPS) is 14.5. The fraction of sp³-hybridized carbons (Fsp3) is 0.172. The van der Waals surface area contributed by atoms with Crippen molar-refractivity contribution in [3.05, 3.63) is 108 Å². The molecule has 2 heterocycles. The molecular weight excluding hydrogens is 470 g/mol. The molecule has 3 aromatic carbocycles. The number of methoxy groups -OCH3 is 1. The Balaban J connectivity index is 1.42. The molecule has 0 unspecified atom stereocenters. The van der Waals surface area contributed by atoms with Crippen molar-refractivity contribution in [2.45, 2.75) is 26.2 Å². The van der Waals surface area contributed by atoms with Gasteiger partial charge in [-0.3, -0.25) is 9.59 Å². The zero-order valence-corrected chi connectivity index (χ0v) is 20.6. The van der Waals surface area contributed by atoms with Gasteiger partial charge in [-0.1, -0.05) is 18.2 Å². The number of amides is 2. The molecule has 0 saturated carbocycles. The van der Waals surface area contributed by atoms with Crippen LogP contribution in [0.25, 0.3) is 0 Å². The van der Waals surface area contributed by atoms with Crippen LogP contribution in [0.2, 0.25) is 0 Å². The molecule has 1 aliphatic rings. The summed E-state index contributed by atoms with van der Waals surface area (Å²) in [6, 6.07) is 24.1. The van der Waals surface area contributed by atoms with Gasteiger partial charge in [0.2, 0.25) is 5.91 Å². The molecule has 4 aromatic rings. The lowest BCUT2D eigenvalue weighted by atomic mass is 10.0. The third-order valence-corrected chi connectivity index (χ3v) is 6.12. The monoisotopic (exact) mass is 497 g/mol. The molecule has 37 heavy (non-hydrogen) atoms. The van der Waals surface area contributed by atoms with Crippen LogP contribution in [0.4, 0.5) is 11.4 Å². The molecule has 2 N–H and O–H groups in total. The van der Waals surface area contributed by atoms with Gasteiger partial charge in [-0.25, -0.2) is 0 Å². The predicted molar refractivity (Wildman–Crippen MR) is 139 cm³/mol. The number of ether oxygens (including phenoxy) is 2. The summed E-state index contributed by atoms with van der Waals surface area (Å²) < 4.78 is 17.2. The van der Waals surface area contributed by atoms with Crippen LogP contribution in [0.3, 0.4) is 0 Å². The van der Waals surface area contributed by atoms with Gasteiger partial charge in [0.15, 0.2) is 0 Å². The number of hydrogen-bond donors (Lipinski definition) is 2. The molecule has 0 aliphatic carbocycles. The third-order valence-electron chi connectivity index (χ3n) is 6.12. The Morgan fingerprint density at radius 3 is 2.59 bits per heavy atom. The number of carbonyl (C=O) groups excluding carboxylic acids is 2. The van der Waals surface area contributed by atoms with Gasteiger partial charge in [0.25, 0.3) is 5.91 Å². The number of rotatable bonds is 8. The van der Waals surface area contributed by atoms with Crippen molar-refractivity contribution in [3.63, 3.8) is 0 Å². The van der Waals surface area contributed by atoms with E-state index >= 15 is 0 Å². The van der Waals surface area contributed by atoms with Crippen molar-refractivity contribution in [2.24, 2.45) is 0 Å². The summed E-state index contributed by atoms with van der Waals surface area (Å²) in [5.41, 5.74) is 3.81. The highest BCUT2D eigenvalue weighted by molar-refractivity contribution is 6.01. The van der Waals surface area contributed by atoms with E-state index in [0.29, 0.717) is 35.1 Å². The van der Waals surface area contributed by atoms with Crippen LogP contribution in [-0.2, 0) is 17.9 Å². The van der Waals surface area contributed by atoms with Gasteiger partial charge in [-0.15, -0.1) is 0 Å². The number of fused-ring (bicyclic) bond motifs is 1.